The summed E-state index contributed by atoms with van der Waals surface area (Å²) in [4.78, 5) is 11.4. The molecule has 0 aromatic heterocycles. The second-order valence-electron chi connectivity index (χ2n) is 4.37. The van der Waals surface area contributed by atoms with E-state index in [9.17, 15) is 4.79 Å². The number of hydrogen-bond acceptors (Lipinski definition) is 1. The molecular weight excluding hydrogens is 176 g/mol. The highest BCUT2D eigenvalue weighted by Gasteiger charge is 2.19. The third-order valence-electron chi connectivity index (χ3n) is 2.81. The maximum atomic E-state index is 11.4. The summed E-state index contributed by atoms with van der Waals surface area (Å²) in [6, 6.07) is 0.404. The van der Waals surface area contributed by atoms with E-state index >= 15 is 0 Å². The predicted molar refractivity (Wildman–Crippen MR) is 58.2 cm³/mol. The van der Waals surface area contributed by atoms with Gasteiger partial charge in [0.05, 0.1) is 0 Å². The van der Waals surface area contributed by atoms with Crippen LogP contribution in [0.5, 0.6) is 0 Å². The average molecular weight is 198 g/mol. The topological polar surface area (TPSA) is 41.1 Å². The van der Waals surface area contributed by atoms with Crippen molar-refractivity contribution < 1.29 is 4.79 Å². The van der Waals surface area contributed by atoms with Gasteiger partial charge in [0.25, 0.3) is 0 Å². The number of carbonyl (C=O) groups is 1. The van der Waals surface area contributed by atoms with E-state index in [1.165, 1.54) is 12.8 Å². The van der Waals surface area contributed by atoms with Gasteiger partial charge < -0.3 is 10.6 Å². The summed E-state index contributed by atoms with van der Waals surface area (Å²) in [7, 11) is 0. The lowest BCUT2D eigenvalue weighted by molar-refractivity contribution is 0.227. The lowest BCUT2D eigenvalue weighted by Gasteiger charge is -2.27. The van der Waals surface area contributed by atoms with Gasteiger partial charge in [-0.15, -0.1) is 0 Å². The Bertz CT molecular complexity index is 182. The van der Waals surface area contributed by atoms with E-state index in [4.69, 9.17) is 0 Å². The number of urea groups is 1. The average Bonchev–Trinajstić information content (AvgIpc) is 2.15. The molecule has 0 aromatic carbocycles. The van der Waals surface area contributed by atoms with E-state index < -0.39 is 0 Å². The molecule has 1 aliphatic carbocycles. The molecule has 2 unspecified atom stereocenters. The van der Waals surface area contributed by atoms with Gasteiger partial charge in [-0.1, -0.05) is 26.7 Å². The number of carbonyl (C=O) groups excluding carboxylic acids is 1. The van der Waals surface area contributed by atoms with Gasteiger partial charge in [0, 0.05) is 12.6 Å². The molecule has 3 heteroatoms. The molecule has 0 radical (unpaired) electrons. The Morgan fingerprint density at radius 2 is 2.21 bits per heavy atom. The van der Waals surface area contributed by atoms with E-state index in [1.54, 1.807) is 0 Å². The van der Waals surface area contributed by atoms with E-state index in [-0.39, 0.29) is 6.03 Å². The highest BCUT2D eigenvalue weighted by Crippen LogP contribution is 2.23. The first-order valence-electron chi connectivity index (χ1n) is 5.76. The monoisotopic (exact) mass is 198 g/mol. The van der Waals surface area contributed by atoms with Crippen molar-refractivity contribution in [1.82, 2.24) is 10.6 Å². The molecule has 14 heavy (non-hydrogen) atoms. The Morgan fingerprint density at radius 1 is 1.43 bits per heavy atom. The van der Waals surface area contributed by atoms with Crippen LogP contribution >= 0.6 is 0 Å². The van der Waals surface area contributed by atoms with Crippen LogP contribution in [0.2, 0.25) is 0 Å². The van der Waals surface area contributed by atoms with Gasteiger partial charge in [0.1, 0.15) is 0 Å². The smallest absolute Gasteiger partial charge is 0.315 e. The fraction of sp³-hybridized carbons (Fsp3) is 0.909. The zero-order chi connectivity index (χ0) is 10.4. The van der Waals surface area contributed by atoms with Crippen molar-refractivity contribution in [3.8, 4) is 0 Å². The molecule has 2 amide bonds. The normalized spacial score (nSPS) is 27.0. The molecule has 1 rings (SSSR count). The summed E-state index contributed by atoms with van der Waals surface area (Å²) < 4.78 is 0. The molecule has 0 bridgehead atoms. The molecule has 0 aromatic rings. The van der Waals surface area contributed by atoms with Crippen LogP contribution in [0.4, 0.5) is 4.79 Å². The molecule has 0 heterocycles. The van der Waals surface area contributed by atoms with E-state index in [0.29, 0.717) is 6.04 Å². The van der Waals surface area contributed by atoms with E-state index in [0.717, 1.165) is 31.7 Å². The first-order chi connectivity index (χ1) is 6.72. The Kier molecular flexibility index (Phi) is 4.77. The quantitative estimate of drug-likeness (QED) is 0.717. The summed E-state index contributed by atoms with van der Waals surface area (Å²) in [5, 5.41) is 5.88. The van der Waals surface area contributed by atoms with Crippen molar-refractivity contribution in [1.29, 1.82) is 0 Å². The lowest BCUT2D eigenvalue weighted by Crippen LogP contribution is -2.44. The van der Waals surface area contributed by atoms with Crippen LogP contribution in [0.25, 0.3) is 0 Å². The first-order valence-corrected chi connectivity index (χ1v) is 5.76. The fourth-order valence-corrected chi connectivity index (χ4v) is 2.04. The standard InChI is InChI=1S/C11H22N2O/c1-3-7-12-11(14)13-10-6-4-5-9(2)8-10/h9-10H,3-8H2,1-2H3,(H2,12,13,14). The van der Waals surface area contributed by atoms with Gasteiger partial charge >= 0.3 is 6.03 Å². The molecule has 82 valence electrons. The van der Waals surface area contributed by atoms with Gasteiger partial charge in [0.2, 0.25) is 0 Å². The van der Waals surface area contributed by atoms with Gasteiger partial charge in [-0.3, -0.25) is 0 Å². The second kappa shape index (κ2) is 5.89. The SMILES string of the molecule is CCCNC(=O)NC1CCCC(C)C1. The van der Waals surface area contributed by atoms with Crippen LogP contribution in [0, 0.1) is 5.92 Å². The van der Waals surface area contributed by atoms with Crippen molar-refractivity contribution >= 4 is 6.03 Å². The third-order valence-corrected chi connectivity index (χ3v) is 2.81. The summed E-state index contributed by atoms with van der Waals surface area (Å²) in [6.07, 6.45) is 5.84. The molecule has 0 saturated heterocycles. The van der Waals surface area contributed by atoms with Crippen molar-refractivity contribution in [3.63, 3.8) is 0 Å². The lowest BCUT2D eigenvalue weighted by atomic mass is 9.87. The van der Waals surface area contributed by atoms with Crippen LogP contribution in [-0.4, -0.2) is 18.6 Å². The molecule has 1 fully saturated rings. The number of amides is 2. The molecule has 0 aliphatic heterocycles. The Labute approximate surface area is 86.6 Å². The molecule has 2 atom stereocenters. The zero-order valence-corrected chi connectivity index (χ0v) is 9.31. The summed E-state index contributed by atoms with van der Waals surface area (Å²) in [5.41, 5.74) is 0. The highest BCUT2D eigenvalue weighted by atomic mass is 16.2. The van der Waals surface area contributed by atoms with Gasteiger partial charge in [-0.25, -0.2) is 4.79 Å². The third kappa shape index (κ3) is 3.99. The predicted octanol–water partition coefficient (Wildman–Crippen LogP) is 2.27. The maximum Gasteiger partial charge on any atom is 0.315 e. The summed E-state index contributed by atoms with van der Waals surface area (Å²) in [6.45, 7) is 5.09. The van der Waals surface area contributed by atoms with Crippen molar-refractivity contribution in [2.45, 2.75) is 52.0 Å². The number of nitrogens with one attached hydrogen (secondary N) is 2. The van der Waals surface area contributed by atoms with Gasteiger partial charge in [-0.05, 0) is 25.2 Å². The minimum Gasteiger partial charge on any atom is -0.338 e. The number of hydrogen-bond donors (Lipinski definition) is 2. The van der Waals surface area contributed by atoms with Crippen molar-refractivity contribution in [2.75, 3.05) is 6.54 Å². The Balaban J connectivity index is 2.18. The van der Waals surface area contributed by atoms with E-state index in [2.05, 4.69) is 24.5 Å². The minimum atomic E-state index is 0.00551. The first kappa shape index (κ1) is 11.3. The van der Waals surface area contributed by atoms with Gasteiger partial charge in [0.15, 0.2) is 0 Å². The van der Waals surface area contributed by atoms with Crippen LogP contribution in [0.15, 0.2) is 0 Å². The van der Waals surface area contributed by atoms with Crippen molar-refractivity contribution in [3.05, 3.63) is 0 Å². The molecule has 3 nitrogen and oxygen atoms in total. The van der Waals surface area contributed by atoms with Gasteiger partial charge in [-0.2, -0.15) is 0 Å². The van der Waals surface area contributed by atoms with Crippen LogP contribution in [0.1, 0.15) is 46.0 Å². The zero-order valence-electron chi connectivity index (χ0n) is 9.31. The van der Waals surface area contributed by atoms with Crippen LogP contribution in [0.3, 0.4) is 0 Å². The molecule has 0 spiro atoms. The Hall–Kier alpha value is -0.730. The largest absolute Gasteiger partial charge is 0.338 e. The fourth-order valence-electron chi connectivity index (χ4n) is 2.04. The summed E-state index contributed by atoms with van der Waals surface area (Å²) in [5.74, 6) is 0.764. The van der Waals surface area contributed by atoms with E-state index in [1.807, 2.05) is 0 Å². The number of rotatable bonds is 3. The minimum absolute atomic E-state index is 0.00551. The summed E-state index contributed by atoms with van der Waals surface area (Å²) >= 11 is 0. The Morgan fingerprint density at radius 3 is 2.86 bits per heavy atom. The highest BCUT2D eigenvalue weighted by molar-refractivity contribution is 5.74. The molecule has 1 aliphatic rings. The molecule has 2 N–H and O–H groups in total. The molecule has 1 saturated carbocycles. The second-order valence-corrected chi connectivity index (χ2v) is 4.37. The van der Waals surface area contributed by atoms with Crippen LogP contribution in [-0.2, 0) is 0 Å². The maximum absolute atomic E-state index is 11.4. The molecular formula is C11H22N2O. The van der Waals surface area contributed by atoms with Crippen LogP contribution < -0.4 is 10.6 Å². The van der Waals surface area contributed by atoms with Crippen molar-refractivity contribution in [2.24, 2.45) is 5.92 Å².